The van der Waals surface area contributed by atoms with Gasteiger partial charge in [0.25, 0.3) is 0 Å². The maximum absolute atomic E-state index is 5.67. The molecule has 1 rings (SSSR count). The normalized spacial score (nSPS) is 21.8. The van der Waals surface area contributed by atoms with Gasteiger partial charge in [0.15, 0.2) is 0 Å². The highest BCUT2D eigenvalue weighted by atomic mass is 15.0. The molecule has 1 atom stereocenters. The maximum atomic E-state index is 5.67. The lowest BCUT2D eigenvalue weighted by atomic mass is 9.87. The fraction of sp³-hybridized carbons (Fsp3) is 1.00. The van der Waals surface area contributed by atoms with Gasteiger partial charge < -0.3 is 11.1 Å². The van der Waals surface area contributed by atoms with Crippen molar-refractivity contribution in [1.82, 2.24) is 5.32 Å². The minimum atomic E-state index is 0.303. The molecule has 0 saturated heterocycles. The highest BCUT2D eigenvalue weighted by molar-refractivity contribution is 4.90. The molecule has 0 aliphatic heterocycles. The van der Waals surface area contributed by atoms with E-state index in [1.807, 2.05) is 0 Å². The zero-order valence-electron chi connectivity index (χ0n) is 7.85. The number of rotatable bonds is 3. The second kappa shape index (κ2) is 3.11. The highest BCUT2D eigenvalue weighted by Gasteiger charge is 2.29. The molecule has 0 amide bonds. The summed E-state index contributed by atoms with van der Waals surface area (Å²) in [5.74, 6) is 0. The molecule has 0 aromatic carbocycles. The summed E-state index contributed by atoms with van der Waals surface area (Å²) in [6.07, 6.45) is 2.68. The lowest BCUT2D eigenvalue weighted by Gasteiger charge is -2.30. The Morgan fingerprint density at radius 3 is 2.27 bits per heavy atom. The van der Waals surface area contributed by atoms with Gasteiger partial charge in [0.1, 0.15) is 0 Å². The molecule has 0 bridgehead atoms. The van der Waals surface area contributed by atoms with Crippen molar-refractivity contribution < 1.29 is 0 Å². The molecule has 3 N–H and O–H groups in total. The van der Waals surface area contributed by atoms with E-state index in [9.17, 15) is 0 Å². The molecule has 0 spiro atoms. The molecule has 11 heavy (non-hydrogen) atoms. The molecule has 1 saturated carbocycles. The first-order valence-corrected chi connectivity index (χ1v) is 4.50. The first kappa shape index (κ1) is 9.01. The second-order valence-electron chi connectivity index (χ2n) is 4.60. The van der Waals surface area contributed by atoms with E-state index in [4.69, 9.17) is 5.73 Å². The lowest BCUT2D eigenvalue weighted by Crippen LogP contribution is -2.46. The van der Waals surface area contributed by atoms with Crippen LogP contribution in [-0.2, 0) is 0 Å². The van der Waals surface area contributed by atoms with Crippen molar-refractivity contribution in [1.29, 1.82) is 0 Å². The highest BCUT2D eigenvalue weighted by Crippen LogP contribution is 2.25. The van der Waals surface area contributed by atoms with Crippen molar-refractivity contribution >= 4 is 0 Å². The SMILES string of the molecule is CC(C)(C)C(CN)NC1CC1. The molecular formula is C9H20N2. The number of nitrogens with one attached hydrogen (secondary N) is 1. The molecule has 2 heteroatoms. The second-order valence-corrected chi connectivity index (χ2v) is 4.60. The third-order valence-electron chi connectivity index (χ3n) is 2.30. The van der Waals surface area contributed by atoms with Crippen molar-refractivity contribution in [3.8, 4) is 0 Å². The van der Waals surface area contributed by atoms with E-state index in [2.05, 4.69) is 26.1 Å². The van der Waals surface area contributed by atoms with Crippen LogP contribution in [0.15, 0.2) is 0 Å². The minimum Gasteiger partial charge on any atom is -0.329 e. The van der Waals surface area contributed by atoms with Crippen LogP contribution >= 0.6 is 0 Å². The van der Waals surface area contributed by atoms with Crippen LogP contribution in [0.5, 0.6) is 0 Å². The topological polar surface area (TPSA) is 38.0 Å². The summed E-state index contributed by atoms with van der Waals surface area (Å²) < 4.78 is 0. The molecule has 1 fully saturated rings. The molecule has 1 aliphatic carbocycles. The minimum absolute atomic E-state index is 0.303. The van der Waals surface area contributed by atoms with Gasteiger partial charge in [-0.25, -0.2) is 0 Å². The van der Waals surface area contributed by atoms with Gasteiger partial charge in [0.2, 0.25) is 0 Å². The fourth-order valence-corrected chi connectivity index (χ4v) is 1.21. The summed E-state index contributed by atoms with van der Waals surface area (Å²) in [6, 6.07) is 1.25. The predicted octanol–water partition coefficient (Wildman–Crippen LogP) is 1.11. The Bertz CT molecular complexity index is 122. The molecule has 1 unspecified atom stereocenters. The van der Waals surface area contributed by atoms with Gasteiger partial charge in [-0.2, -0.15) is 0 Å². The quantitative estimate of drug-likeness (QED) is 0.642. The Morgan fingerprint density at radius 2 is 2.00 bits per heavy atom. The van der Waals surface area contributed by atoms with Gasteiger partial charge >= 0.3 is 0 Å². The summed E-state index contributed by atoms with van der Waals surface area (Å²) in [4.78, 5) is 0. The smallest absolute Gasteiger partial charge is 0.0241 e. The Balaban J connectivity index is 2.34. The fourth-order valence-electron chi connectivity index (χ4n) is 1.21. The Morgan fingerprint density at radius 1 is 1.45 bits per heavy atom. The molecule has 0 aromatic heterocycles. The van der Waals surface area contributed by atoms with Crippen LogP contribution in [0, 0.1) is 5.41 Å². The Labute approximate surface area is 69.5 Å². The van der Waals surface area contributed by atoms with Crippen LogP contribution in [0.25, 0.3) is 0 Å². The van der Waals surface area contributed by atoms with Crippen molar-refractivity contribution in [3.63, 3.8) is 0 Å². The number of hydrogen-bond acceptors (Lipinski definition) is 2. The average molecular weight is 156 g/mol. The molecular weight excluding hydrogens is 136 g/mol. The van der Waals surface area contributed by atoms with E-state index in [0.717, 1.165) is 12.6 Å². The van der Waals surface area contributed by atoms with E-state index in [1.165, 1.54) is 12.8 Å². The van der Waals surface area contributed by atoms with Gasteiger partial charge in [0, 0.05) is 18.6 Å². The summed E-state index contributed by atoms with van der Waals surface area (Å²) in [5, 5.41) is 3.56. The zero-order valence-corrected chi connectivity index (χ0v) is 7.85. The first-order chi connectivity index (χ1) is 5.04. The van der Waals surface area contributed by atoms with Crippen LogP contribution in [0.2, 0.25) is 0 Å². The van der Waals surface area contributed by atoms with E-state index in [1.54, 1.807) is 0 Å². The van der Waals surface area contributed by atoms with Crippen LogP contribution in [0.1, 0.15) is 33.6 Å². The molecule has 0 aromatic rings. The van der Waals surface area contributed by atoms with Gasteiger partial charge in [0.05, 0.1) is 0 Å². The van der Waals surface area contributed by atoms with Crippen molar-refractivity contribution in [2.24, 2.45) is 11.1 Å². The molecule has 2 nitrogen and oxygen atoms in total. The zero-order chi connectivity index (χ0) is 8.48. The maximum Gasteiger partial charge on any atom is 0.0241 e. The van der Waals surface area contributed by atoms with Crippen molar-refractivity contribution in [2.45, 2.75) is 45.7 Å². The molecule has 66 valence electrons. The Hall–Kier alpha value is -0.0800. The number of nitrogens with two attached hydrogens (primary N) is 1. The third kappa shape index (κ3) is 2.80. The summed E-state index contributed by atoms with van der Waals surface area (Å²) >= 11 is 0. The van der Waals surface area contributed by atoms with Gasteiger partial charge in [-0.1, -0.05) is 20.8 Å². The molecule has 1 aliphatic rings. The van der Waals surface area contributed by atoms with Crippen LogP contribution < -0.4 is 11.1 Å². The first-order valence-electron chi connectivity index (χ1n) is 4.50. The van der Waals surface area contributed by atoms with E-state index in [-0.39, 0.29) is 0 Å². The lowest BCUT2D eigenvalue weighted by molar-refractivity contribution is 0.271. The van der Waals surface area contributed by atoms with E-state index >= 15 is 0 Å². The standard InChI is InChI=1S/C9H20N2/c1-9(2,3)8(6-10)11-7-4-5-7/h7-8,11H,4-6,10H2,1-3H3. The van der Waals surface area contributed by atoms with Crippen molar-refractivity contribution in [3.05, 3.63) is 0 Å². The van der Waals surface area contributed by atoms with Crippen LogP contribution in [-0.4, -0.2) is 18.6 Å². The van der Waals surface area contributed by atoms with Crippen LogP contribution in [0.3, 0.4) is 0 Å². The molecule has 0 heterocycles. The van der Waals surface area contributed by atoms with Crippen LogP contribution in [0.4, 0.5) is 0 Å². The van der Waals surface area contributed by atoms with Gasteiger partial charge in [-0.05, 0) is 18.3 Å². The largest absolute Gasteiger partial charge is 0.329 e. The Kier molecular flexibility index (Phi) is 2.55. The number of hydrogen-bond donors (Lipinski definition) is 2. The average Bonchev–Trinajstić information content (AvgIpc) is 2.62. The summed E-state index contributed by atoms with van der Waals surface area (Å²) in [6.45, 7) is 7.46. The van der Waals surface area contributed by atoms with E-state index in [0.29, 0.717) is 11.5 Å². The monoisotopic (exact) mass is 156 g/mol. The van der Waals surface area contributed by atoms with Crippen molar-refractivity contribution in [2.75, 3.05) is 6.54 Å². The summed E-state index contributed by atoms with van der Waals surface area (Å²) in [7, 11) is 0. The summed E-state index contributed by atoms with van der Waals surface area (Å²) in [5.41, 5.74) is 5.98. The van der Waals surface area contributed by atoms with Gasteiger partial charge in [-0.3, -0.25) is 0 Å². The third-order valence-corrected chi connectivity index (χ3v) is 2.30. The predicted molar refractivity (Wildman–Crippen MR) is 48.5 cm³/mol. The van der Waals surface area contributed by atoms with E-state index < -0.39 is 0 Å². The molecule has 0 radical (unpaired) electrons. The van der Waals surface area contributed by atoms with Gasteiger partial charge in [-0.15, -0.1) is 0 Å².